The van der Waals surface area contributed by atoms with E-state index in [2.05, 4.69) is 0 Å². The summed E-state index contributed by atoms with van der Waals surface area (Å²) in [5.74, 6) is -0.684. The molecule has 0 spiro atoms. The molecule has 0 heterocycles. The Bertz CT molecular complexity index is 1240. The third kappa shape index (κ3) is 2.39. The van der Waals surface area contributed by atoms with Crippen LogP contribution >= 0.6 is 0 Å². The number of phenols is 5. The molecule has 0 aromatic heterocycles. The molecule has 0 fully saturated rings. The molecule has 0 amide bonds. The van der Waals surface area contributed by atoms with E-state index in [-0.39, 0.29) is 45.1 Å². The number of hydrogen-bond donors (Lipinski definition) is 5. The maximum atomic E-state index is 10.8. The number of hydrogen-bond acceptors (Lipinski definition) is 5. The standard InChI is InChI=1S/C22H18O5/c1-10-7-12-3-4-13(21(26)18(12)16(23)8-10)14-5-6-15-19(22(14)27)17(24)9-11(2)20(15)25/h3-9,23-27H,1-2H3. The van der Waals surface area contributed by atoms with Crippen LogP contribution in [0.1, 0.15) is 11.1 Å². The van der Waals surface area contributed by atoms with Gasteiger partial charge in [0.05, 0.1) is 10.8 Å². The summed E-state index contributed by atoms with van der Waals surface area (Å²) in [7, 11) is 0. The largest absolute Gasteiger partial charge is 0.507 e. The molecule has 0 radical (unpaired) electrons. The fraction of sp³-hybridized carbons (Fsp3) is 0.0909. The molecule has 5 nitrogen and oxygen atoms in total. The Morgan fingerprint density at radius 3 is 1.89 bits per heavy atom. The average molecular weight is 362 g/mol. The minimum absolute atomic E-state index is 0.0273. The number of aryl methyl sites for hydroxylation is 2. The number of fused-ring (bicyclic) bond motifs is 2. The zero-order valence-electron chi connectivity index (χ0n) is 14.8. The summed E-state index contributed by atoms with van der Waals surface area (Å²) < 4.78 is 0. The zero-order valence-corrected chi connectivity index (χ0v) is 14.8. The quantitative estimate of drug-likeness (QED) is 0.313. The fourth-order valence-corrected chi connectivity index (χ4v) is 3.61. The van der Waals surface area contributed by atoms with Gasteiger partial charge in [0.25, 0.3) is 0 Å². The molecule has 0 saturated heterocycles. The molecule has 0 unspecified atom stereocenters. The molecule has 0 aliphatic carbocycles. The van der Waals surface area contributed by atoms with Crippen LogP contribution in [0.5, 0.6) is 28.7 Å². The van der Waals surface area contributed by atoms with Crippen LogP contribution in [0.15, 0.2) is 42.5 Å². The highest BCUT2D eigenvalue weighted by Crippen LogP contribution is 2.48. The van der Waals surface area contributed by atoms with Crippen LogP contribution in [0, 0.1) is 13.8 Å². The maximum absolute atomic E-state index is 10.8. The van der Waals surface area contributed by atoms with Gasteiger partial charge >= 0.3 is 0 Å². The summed E-state index contributed by atoms with van der Waals surface area (Å²) in [6, 6.07) is 11.3. The van der Waals surface area contributed by atoms with Crippen LogP contribution in [-0.4, -0.2) is 25.5 Å². The Balaban J connectivity index is 2.06. The first kappa shape index (κ1) is 16.8. The van der Waals surface area contributed by atoms with E-state index in [1.165, 1.54) is 6.07 Å². The lowest BCUT2D eigenvalue weighted by Crippen LogP contribution is -1.87. The monoisotopic (exact) mass is 362 g/mol. The van der Waals surface area contributed by atoms with Gasteiger partial charge in [0.2, 0.25) is 0 Å². The Kier molecular flexibility index (Phi) is 3.56. The van der Waals surface area contributed by atoms with Crippen molar-refractivity contribution in [3.05, 3.63) is 53.6 Å². The maximum Gasteiger partial charge on any atom is 0.135 e. The number of phenolic OH excluding ortho intramolecular Hbond substituents is 5. The molecule has 136 valence electrons. The van der Waals surface area contributed by atoms with Gasteiger partial charge in [-0.05, 0) is 60.7 Å². The summed E-state index contributed by atoms with van der Waals surface area (Å²) in [6.07, 6.45) is 0. The molecule has 0 bridgehead atoms. The summed E-state index contributed by atoms with van der Waals surface area (Å²) in [5.41, 5.74) is 1.93. The van der Waals surface area contributed by atoms with Gasteiger partial charge in [0.1, 0.15) is 28.7 Å². The first-order valence-corrected chi connectivity index (χ1v) is 8.42. The Hall–Kier alpha value is -3.60. The van der Waals surface area contributed by atoms with Gasteiger partial charge in [0.15, 0.2) is 0 Å². The van der Waals surface area contributed by atoms with Gasteiger partial charge in [0, 0.05) is 16.5 Å². The number of rotatable bonds is 1. The summed E-state index contributed by atoms with van der Waals surface area (Å²) in [5, 5.41) is 53.6. The SMILES string of the molecule is Cc1cc(O)c2c(O)c(-c3ccc4c(O)c(C)cc(O)c4c3O)ccc2c1. The van der Waals surface area contributed by atoms with Crippen molar-refractivity contribution in [2.45, 2.75) is 13.8 Å². The van der Waals surface area contributed by atoms with E-state index in [1.807, 2.05) is 13.0 Å². The second-order valence-corrected chi connectivity index (χ2v) is 6.79. The average Bonchev–Trinajstić information content (AvgIpc) is 2.59. The van der Waals surface area contributed by atoms with Crippen molar-refractivity contribution >= 4 is 21.5 Å². The van der Waals surface area contributed by atoms with Gasteiger partial charge in [-0.3, -0.25) is 0 Å². The van der Waals surface area contributed by atoms with E-state index in [0.717, 1.165) is 5.56 Å². The summed E-state index contributed by atoms with van der Waals surface area (Å²) in [4.78, 5) is 0. The molecule has 0 saturated carbocycles. The molecule has 4 aromatic rings. The molecule has 0 aliphatic heterocycles. The molecule has 0 aliphatic rings. The Labute approximate surface area is 155 Å². The van der Waals surface area contributed by atoms with Crippen molar-refractivity contribution in [3.63, 3.8) is 0 Å². The fourth-order valence-electron chi connectivity index (χ4n) is 3.61. The van der Waals surface area contributed by atoms with E-state index in [1.54, 1.807) is 37.3 Å². The van der Waals surface area contributed by atoms with Crippen molar-refractivity contribution < 1.29 is 25.5 Å². The topological polar surface area (TPSA) is 101 Å². The lowest BCUT2D eigenvalue weighted by molar-refractivity contribution is 0.455. The lowest BCUT2D eigenvalue weighted by atomic mass is 9.94. The molecule has 5 N–H and O–H groups in total. The third-order valence-electron chi connectivity index (χ3n) is 4.92. The first-order chi connectivity index (χ1) is 12.8. The van der Waals surface area contributed by atoms with Crippen molar-refractivity contribution in [2.75, 3.05) is 0 Å². The van der Waals surface area contributed by atoms with Gasteiger partial charge in [-0.2, -0.15) is 0 Å². The molecule has 5 heteroatoms. The van der Waals surface area contributed by atoms with Crippen LogP contribution in [0.4, 0.5) is 0 Å². The highest BCUT2D eigenvalue weighted by molar-refractivity contribution is 6.05. The Morgan fingerprint density at radius 1 is 0.593 bits per heavy atom. The van der Waals surface area contributed by atoms with Crippen LogP contribution in [0.2, 0.25) is 0 Å². The molecule has 0 atom stereocenters. The van der Waals surface area contributed by atoms with Crippen LogP contribution in [-0.2, 0) is 0 Å². The van der Waals surface area contributed by atoms with Crippen LogP contribution in [0.25, 0.3) is 32.7 Å². The minimum atomic E-state index is -0.262. The van der Waals surface area contributed by atoms with Crippen molar-refractivity contribution in [1.29, 1.82) is 0 Å². The second kappa shape index (κ2) is 5.71. The Morgan fingerprint density at radius 2 is 1.19 bits per heavy atom. The van der Waals surface area contributed by atoms with E-state index in [4.69, 9.17) is 0 Å². The highest BCUT2D eigenvalue weighted by atomic mass is 16.3. The van der Waals surface area contributed by atoms with Gasteiger partial charge in [-0.15, -0.1) is 0 Å². The van der Waals surface area contributed by atoms with Crippen LogP contribution < -0.4 is 0 Å². The molecular weight excluding hydrogens is 344 g/mol. The predicted molar refractivity (Wildman–Crippen MR) is 105 cm³/mol. The molecule has 27 heavy (non-hydrogen) atoms. The minimum Gasteiger partial charge on any atom is -0.507 e. The lowest BCUT2D eigenvalue weighted by Gasteiger charge is -2.15. The first-order valence-electron chi connectivity index (χ1n) is 8.42. The molecule has 4 rings (SSSR count). The van der Waals surface area contributed by atoms with Crippen LogP contribution in [0.3, 0.4) is 0 Å². The molecule has 4 aromatic carbocycles. The summed E-state index contributed by atoms with van der Waals surface area (Å²) in [6.45, 7) is 3.50. The van der Waals surface area contributed by atoms with Crippen molar-refractivity contribution in [3.8, 4) is 39.9 Å². The van der Waals surface area contributed by atoms with E-state index >= 15 is 0 Å². The van der Waals surface area contributed by atoms with Gasteiger partial charge in [-0.25, -0.2) is 0 Å². The number of aromatic hydroxyl groups is 5. The second-order valence-electron chi connectivity index (χ2n) is 6.79. The third-order valence-corrected chi connectivity index (χ3v) is 4.92. The highest BCUT2D eigenvalue weighted by Gasteiger charge is 2.19. The van der Waals surface area contributed by atoms with Gasteiger partial charge < -0.3 is 25.5 Å². The zero-order chi connectivity index (χ0) is 19.5. The smallest absolute Gasteiger partial charge is 0.135 e. The van der Waals surface area contributed by atoms with Crippen molar-refractivity contribution in [1.82, 2.24) is 0 Å². The van der Waals surface area contributed by atoms with E-state index < -0.39 is 0 Å². The summed E-state index contributed by atoms with van der Waals surface area (Å²) >= 11 is 0. The van der Waals surface area contributed by atoms with E-state index in [9.17, 15) is 25.5 Å². The van der Waals surface area contributed by atoms with Gasteiger partial charge in [-0.1, -0.05) is 12.1 Å². The van der Waals surface area contributed by atoms with Crippen molar-refractivity contribution in [2.24, 2.45) is 0 Å². The molecular formula is C22H18O5. The predicted octanol–water partition coefficient (Wildman–Crippen LogP) is 4.80. The normalized spacial score (nSPS) is 11.3. The number of benzene rings is 4. The van der Waals surface area contributed by atoms with E-state index in [0.29, 0.717) is 21.9 Å².